The van der Waals surface area contributed by atoms with E-state index in [0.717, 1.165) is 37.2 Å². The predicted octanol–water partition coefficient (Wildman–Crippen LogP) is 3.88. The summed E-state index contributed by atoms with van der Waals surface area (Å²) in [5.41, 5.74) is 4.39. The van der Waals surface area contributed by atoms with Crippen LogP contribution < -0.4 is 4.74 Å². The fourth-order valence-corrected chi connectivity index (χ4v) is 4.42. The average molecular weight is 335 g/mol. The molecule has 130 valence electrons. The highest BCUT2D eigenvalue weighted by Crippen LogP contribution is 2.46. The maximum Gasteiger partial charge on any atom is 0.260 e. The van der Waals surface area contributed by atoms with Gasteiger partial charge in [-0.1, -0.05) is 42.5 Å². The van der Waals surface area contributed by atoms with Gasteiger partial charge in [0, 0.05) is 13.1 Å². The van der Waals surface area contributed by atoms with E-state index in [1.54, 1.807) is 0 Å². The predicted molar refractivity (Wildman–Crippen MR) is 98.9 cm³/mol. The van der Waals surface area contributed by atoms with Gasteiger partial charge in [0.1, 0.15) is 5.75 Å². The molecule has 0 aromatic heterocycles. The Hall–Kier alpha value is -2.29. The fraction of sp³-hybridized carbons (Fsp3) is 0.409. The number of benzene rings is 2. The minimum atomic E-state index is 0.101. The zero-order valence-electron chi connectivity index (χ0n) is 14.8. The summed E-state index contributed by atoms with van der Waals surface area (Å²) in [4.78, 5) is 14.5. The van der Waals surface area contributed by atoms with Crippen molar-refractivity contribution in [2.75, 3.05) is 19.7 Å². The number of piperidine rings is 1. The lowest BCUT2D eigenvalue weighted by Crippen LogP contribution is -2.45. The second-order valence-electron chi connectivity index (χ2n) is 7.37. The van der Waals surface area contributed by atoms with Crippen molar-refractivity contribution in [2.45, 2.75) is 38.0 Å². The summed E-state index contributed by atoms with van der Waals surface area (Å²) in [7, 11) is 0. The first kappa shape index (κ1) is 16.2. The number of nitrogens with zero attached hydrogens (tertiary/aromatic N) is 1. The smallest absolute Gasteiger partial charge is 0.260 e. The highest BCUT2D eigenvalue weighted by Gasteiger charge is 2.41. The molecule has 0 unspecified atom stereocenters. The molecule has 1 aliphatic carbocycles. The van der Waals surface area contributed by atoms with Crippen molar-refractivity contribution in [2.24, 2.45) is 0 Å². The van der Waals surface area contributed by atoms with E-state index < -0.39 is 0 Å². The summed E-state index contributed by atoms with van der Waals surface area (Å²) in [5, 5.41) is 0. The molecule has 1 fully saturated rings. The van der Waals surface area contributed by atoms with E-state index in [0.29, 0.717) is 5.41 Å². The minimum absolute atomic E-state index is 0.101. The Morgan fingerprint density at radius 3 is 2.56 bits per heavy atom. The van der Waals surface area contributed by atoms with E-state index >= 15 is 0 Å². The summed E-state index contributed by atoms with van der Waals surface area (Å²) in [6.07, 6.45) is 4.55. The molecule has 2 aromatic carbocycles. The van der Waals surface area contributed by atoms with Crippen molar-refractivity contribution < 1.29 is 9.53 Å². The zero-order chi connectivity index (χ0) is 17.3. The number of aryl methyl sites for hydroxylation is 2. The Morgan fingerprint density at radius 1 is 1.04 bits per heavy atom. The number of fused-ring (bicyclic) bond motifs is 2. The number of hydrogen-bond acceptors (Lipinski definition) is 2. The van der Waals surface area contributed by atoms with Crippen LogP contribution in [0.1, 0.15) is 36.0 Å². The quantitative estimate of drug-likeness (QED) is 0.852. The van der Waals surface area contributed by atoms with Crippen molar-refractivity contribution >= 4 is 5.91 Å². The number of amides is 1. The van der Waals surface area contributed by atoms with E-state index in [2.05, 4.69) is 24.3 Å². The van der Waals surface area contributed by atoms with E-state index in [4.69, 9.17) is 4.74 Å². The van der Waals surface area contributed by atoms with E-state index in [1.165, 1.54) is 24.0 Å². The average Bonchev–Trinajstić information content (AvgIpc) is 3.00. The standard InChI is InChI=1S/C22H25NO2/c1-17-6-2-5-9-20(17)25-16-21(24)23-14-12-22(13-15-23)11-10-18-7-3-4-8-19(18)22/h2-9H,10-16H2,1H3. The van der Waals surface area contributed by atoms with Crippen LogP contribution >= 0.6 is 0 Å². The van der Waals surface area contributed by atoms with Gasteiger partial charge in [-0.25, -0.2) is 0 Å². The first-order chi connectivity index (χ1) is 12.2. The molecule has 1 spiro atoms. The largest absolute Gasteiger partial charge is 0.484 e. The highest BCUT2D eigenvalue weighted by atomic mass is 16.5. The van der Waals surface area contributed by atoms with Crippen molar-refractivity contribution in [1.29, 1.82) is 0 Å². The number of hydrogen-bond donors (Lipinski definition) is 0. The molecule has 1 saturated heterocycles. The number of likely N-dealkylation sites (tertiary alicyclic amines) is 1. The van der Waals surface area contributed by atoms with Gasteiger partial charge >= 0.3 is 0 Å². The van der Waals surface area contributed by atoms with Gasteiger partial charge in [0.15, 0.2) is 6.61 Å². The molecule has 0 bridgehead atoms. The lowest BCUT2D eigenvalue weighted by atomic mass is 9.74. The van der Waals surface area contributed by atoms with Gasteiger partial charge < -0.3 is 9.64 Å². The molecule has 3 nitrogen and oxygen atoms in total. The summed E-state index contributed by atoms with van der Waals surface area (Å²) in [6.45, 7) is 3.81. The van der Waals surface area contributed by atoms with Crippen LogP contribution in [0.5, 0.6) is 5.75 Å². The minimum Gasteiger partial charge on any atom is -0.484 e. The Labute approximate surface area is 149 Å². The molecular formula is C22H25NO2. The summed E-state index contributed by atoms with van der Waals surface area (Å²) < 4.78 is 5.73. The molecule has 0 atom stereocenters. The van der Waals surface area contributed by atoms with E-state index in [9.17, 15) is 4.79 Å². The van der Waals surface area contributed by atoms with Crippen LogP contribution in [0.15, 0.2) is 48.5 Å². The van der Waals surface area contributed by atoms with E-state index in [-0.39, 0.29) is 12.5 Å². The van der Waals surface area contributed by atoms with Crippen molar-refractivity contribution in [1.82, 2.24) is 4.90 Å². The van der Waals surface area contributed by atoms with Crippen LogP contribution in [0.25, 0.3) is 0 Å². The second kappa shape index (κ2) is 6.55. The lowest BCUT2D eigenvalue weighted by Gasteiger charge is -2.40. The Kier molecular flexibility index (Phi) is 4.24. The van der Waals surface area contributed by atoms with Crippen LogP contribution in [0, 0.1) is 6.92 Å². The Morgan fingerprint density at radius 2 is 1.76 bits per heavy atom. The van der Waals surface area contributed by atoms with Crippen molar-refractivity contribution in [3.05, 3.63) is 65.2 Å². The third kappa shape index (κ3) is 3.04. The SMILES string of the molecule is Cc1ccccc1OCC(=O)N1CCC2(CCc3ccccc32)CC1. The molecule has 1 heterocycles. The van der Waals surface area contributed by atoms with Gasteiger partial charge in [-0.05, 0) is 60.8 Å². The van der Waals surface area contributed by atoms with Gasteiger partial charge in [0.25, 0.3) is 5.91 Å². The van der Waals surface area contributed by atoms with Crippen LogP contribution in [0.2, 0.25) is 0 Å². The fourth-order valence-electron chi connectivity index (χ4n) is 4.42. The molecule has 1 amide bonds. The first-order valence-electron chi connectivity index (χ1n) is 9.23. The second-order valence-corrected chi connectivity index (χ2v) is 7.37. The zero-order valence-corrected chi connectivity index (χ0v) is 14.8. The van der Waals surface area contributed by atoms with Crippen LogP contribution in [0.4, 0.5) is 0 Å². The van der Waals surface area contributed by atoms with Gasteiger partial charge in [-0.2, -0.15) is 0 Å². The van der Waals surface area contributed by atoms with Crippen molar-refractivity contribution in [3.8, 4) is 5.75 Å². The number of ether oxygens (including phenoxy) is 1. The van der Waals surface area contributed by atoms with Crippen LogP contribution in [-0.4, -0.2) is 30.5 Å². The molecule has 3 heteroatoms. The van der Waals surface area contributed by atoms with Gasteiger partial charge in [0.2, 0.25) is 0 Å². The number of rotatable bonds is 3. The molecular weight excluding hydrogens is 310 g/mol. The van der Waals surface area contributed by atoms with Gasteiger partial charge in [-0.15, -0.1) is 0 Å². The molecule has 0 N–H and O–H groups in total. The topological polar surface area (TPSA) is 29.5 Å². The Balaban J connectivity index is 1.36. The molecule has 1 aliphatic heterocycles. The van der Waals surface area contributed by atoms with Crippen LogP contribution in [-0.2, 0) is 16.6 Å². The van der Waals surface area contributed by atoms with E-state index in [1.807, 2.05) is 36.1 Å². The molecule has 0 radical (unpaired) electrons. The molecule has 25 heavy (non-hydrogen) atoms. The highest BCUT2D eigenvalue weighted by molar-refractivity contribution is 5.78. The molecule has 0 saturated carbocycles. The lowest BCUT2D eigenvalue weighted by molar-refractivity contribution is -0.135. The molecule has 2 aromatic rings. The first-order valence-corrected chi connectivity index (χ1v) is 9.23. The molecule has 2 aliphatic rings. The number of carbonyl (C=O) groups excluding carboxylic acids is 1. The maximum atomic E-state index is 12.5. The maximum absolute atomic E-state index is 12.5. The summed E-state index contributed by atoms with van der Waals surface area (Å²) in [5.74, 6) is 0.901. The third-order valence-electron chi connectivity index (χ3n) is 5.98. The summed E-state index contributed by atoms with van der Waals surface area (Å²) in [6, 6.07) is 16.7. The van der Waals surface area contributed by atoms with Gasteiger partial charge in [-0.3, -0.25) is 4.79 Å². The number of carbonyl (C=O) groups is 1. The molecule has 4 rings (SSSR count). The third-order valence-corrected chi connectivity index (χ3v) is 5.98. The van der Waals surface area contributed by atoms with Crippen LogP contribution in [0.3, 0.4) is 0 Å². The Bertz CT molecular complexity index is 775. The van der Waals surface area contributed by atoms with Crippen molar-refractivity contribution in [3.63, 3.8) is 0 Å². The summed E-state index contributed by atoms with van der Waals surface area (Å²) >= 11 is 0. The van der Waals surface area contributed by atoms with Gasteiger partial charge in [0.05, 0.1) is 0 Å². The number of para-hydroxylation sites is 1. The monoisotopic (exact) mass is 335 g/mol. The normalized spacial score (nSPS) is 18.2.